The maximum Gasteiger partial charge on any atom is 0.378 e. The zero-order valence-electron chi connectivity index (χ0n) is 10.7. The van der Waals surface area contributed by atoms with Crippen LogP contribution in [-0.4, -0.2) is 39.9 Å². The molecule has 0 spiro atoms. The molecule has 0 unspecified atom stereocenters. The van der Waals surface area contributed by atoms with Gasteiger partial charge in [-0.3, -0.25) is 0 Å². The molecule has 0 atom stereocenters. The van der Waals surface area contributed by atoms with E-state index in [1.54, 1.807) is 14.0 Å². The van der Waals surface area contributed by atoms with Crippen molar-refractivity contribution < 1.29 is 14.3 Å². The Kier molecular flexibility index (Phi) is 4.07. The van der Waals surface area contributed by atoms with Crippen molar-refractivity contribution in [2.45, 2.75) is 13.5 Å². The highest BCUT2D eigenvalue weighted by molar-refractivity contribution is 5.85. The number of tetrazole rings is 1. The molecule has 0 N–H and O–H groups in total. The number of esters is 1. The van der Waals surface area contributed by atoms with Crippen LogP contribution >= 0.6 is 0 Å². The van der Waals surface area contributed by atoms with Crippen LogP contribution in [0.15, 0.2) is 24.3 Å². The molecule has 7 nitrogen and oxygen atoms in total. The molecule has 2 rings (SSSR count). The molecule has 100 valence electrons. The highest BCUT2D eigenvalue weighted by Crippen LogP contribution is 2.13. The van der Waals surface area contributed by atoms with E-state index in [1.165, 1.54) is 4.68 Å². The molecule has 1 aromatic heterocycles. The van der Waals surface area contributed by atoms with Crippen molar-refractivity contribution in [1.82, 2.24) is 20.2 Å². The van der Waals surface area contributed by atoms with E-state index in [-0.39, 0.29) is 12.4 Å². The van der Waals surface area contributed by atoms with Crippen molar-refractivity contribution >= 4 is 5.97 Å². The van der Waals surface area contributed by atoms with E-state index in [4.69, 9.17) is 9.47 Å². The molecule has 0 amide bonds. The van der Waals surface area contributed by atoms with Gasteiger partial charge in [-0.2, -0.15) is 0 Å². The van der Waals surface area contributed by atoms with Crippen LogP contribution in [0.1, 0.15) is 23.1 Å². The summed E-state index contributed by atoms with van der Waals surface area (Å²) >= 11 is 0. The molecular formula is C12H14N4O3. The summed E-state index contributed by atoms with van der Waals surface area (Å²) in [6.45, 7) is 2.39. The summed E-state index contributed by atoms with van der Waals surface area (Å²) in [7, 11) is 1.60. The van der Waals surface area contributed by atoms with Crippen molar-refractivity contribution in [3.8, 4) is 5.75 Å². The molecule has 0 saturated carbocycles. The highest BCUT2D eigenvalue weighted by atomic mass is 16.5. The molecule has 1 aromatic carbocycles. The molecule has 0 radical (unpaired) electrons. The van der Waals surface area contributed by atoms with Gasteiger partial charge in [0.2, 0.25) is 0 Å². The fourth-order valence-electron chi connectivity index (χ4n) is 1.60. The summed E-state index contributed by atoms with van der Waals surface area (Å²) in [5.74, 6) is 0.295. The van der Waals surface area contributed by atoms with Crippen LogP contribution in [0.5, 0.6) is 5.75 Å². The minimum absolute atomic E-state index is 0.0877. The standard InChI is InChI=1S/C12H14N4O3/c1-3-19-12(17)11-13-14-15-16(11)8-9-5-4-6-10(7-9)18-2/h4-7H,3,8H2,1-2H3. The number of carbonyl (C=O) groups is 1. The Morgan fingerprint density at radius 3 is 3.00 bits per heavy atom. The first-order valence-corrected chi connectivity index (χ1v) is 5.80. The fourth-order valence-corrected chi connectivity index (χ4v) is 1.60. The summed E-state index contributed by atoms with van der Waals surface area (Å²) in [6.07, 6.45) is 0. The zero-order chi connectivity index (χ0) is 13.7. The maximum atomic E-state index is 11.6. The lowest BCUT2D eigenvalue weighted by Gasteiger charge is -2.06. The second kappa shape index (κ2) is 5.94. The normalized spacial score (nSPS) is 10.2. The quantitative estimate of drug-likeness (QED) is 0.745. The summed E-state index contributed by atoms with van der Waals surface area (Å²) in [6, 6.07) is 7.47. The van der Waals surface area contributed by atoms with Gasteiger partial charge in [0, 0.05) is 0 Å². The molecule has 2 aromatic rings. The van der Waals surface area contributed by atoms with Gasteiger partial charge in [-0.15, -0.1) is 5.10 Å². The summed E-state index contributed by atoms with van der Waals surface area (Å²) in [4.78, 5) is 11.6. The summed E-state index contributed by atoms with van der Waals surface area (Å²) in [5.41, 5.74) is 0.928. The van der Waals surface area contributed by atoms with Crippen LogP contribution in [-0.2, 0) is 11.3 Å². The Hall–Kier alpha value is -2.44. The van der Waals surface area contributed by atoms with Gasteiger partial charge in [0.1, 0.15) is 5.75 Å². The van der Waals surface area contributed by atoms with E-state index in [9.17, 15) is 4.79 Å². The number of aromatic nitrogens is 4. The van der Waals surface area contributed by atoms with Gasteiger partial charge in [0.15, 0.2) is 0 Å². The van der Waals surface area contributed by atoms with Gasteiger partial charge in [-0.1, -0.05) is 12.1 Å². The van der Waals surface area contributed by atoms with Crippen molar-refractivity contribution in [2.24, 2.45) is 0 Å². The maximum absolute atomic E-state index is 11.6. The van der Waals surface area contributed by atoms with Crippen molar-refractivity contribution in [3.05, 3.63) is 35.7 Å². The monoisotopic (exact) mass is 262 g/mol. The van der Waals surface area contributed by atoms with E-state index in [0.717, 1.165) is 11.3 Å². The predicted octanol–water partition coefficient (Wildman–Crippen LogP) is 0.907. The minimum Gasteiger partial charge on any atom is -0.497 e. The molecule has 1 heterocycles. The van der Waals surface area contributed by atoms with Crippen LogP contribution in [0.4, 0.5) is 0 Å². The molecule has 7 heteroatoms. The topological polar surface area (TPSA) is 79.1 Å². The third-order valence-corrected chi connectivity index (χ3v) is 2.46. The van der Waals surface area contributed by atoms with Crippen molar-refractivity contribution in [3.63, 3.8) is 0 Å². The van der Waals surface area contributed by atoms with Gasteiger partial charge in [-0.05, 0) is 35.0 Å². The molecule has 0 aliphatic rings. The lowest BCUT2D eigenvalue weighted by Crippen LogP contribution is -2.15. The van der Waals surface area contributed by atoms with E-state index in [0.29, 0.717) is 6.54 Å². The number of ether oxygens (including phenoxy) is 2. The van der Waals surface area contributed by atoms with Crippen LogP contribution in [0.25, 0.3) is 0 Å². The number of hydrogen-bond acceptors (Lipinski definition) is 6. The number of carbonyl (C=O) groups excluding carboxylic acids is 1. The smallest absolute Gasteiger partial charge is 0.378 e. The van der Waals surface area contributed by atoms with Crippen LogP contribution in [0, 0.1) is 0 Å². The fraction of sp³-hybridized carbons (Fsp3) is 0.333. The predicted molar refractivity (Wildman–Crippen MR) is 65.9 cm³/mol. The Labute approximate surface area is 110 Å². The number of hydrogen-bond donors (Lipinski definition) is 0. The van der Waals surface area contributed by atoms with Crippen LogP contribution in [0.2, 0.25) is 0 Å². The minimum atomic E-state index is -0.532. The third kappa shape index (κ3) is 3.06. The van der Waals surface area contributed by atoms with Gasteiger partial charge >= 0.3 is 5.97 Å². The molecule has 0 aliphatic carbocycles. The van der Waals surface area contributed by atoms with Crippen molar-refractivity contribution in [2.75, 3.05) is 13.7 Å². The SMILES string of the molecule is CCOC(=O)c1nnnn1Cc1cccc(OC)c1. The molecule has 0 saturated heterocycles. The average molecular weight is 262 g/mol. The van der Waals surface area contributed by atoms with Gasteiger partial charge in [0.25, 0.3) is 5.82 Å². The molecule has 19 heavy (non-hydrogen) atoms. The van der Waals surface area contributed by atoms with E-state index >= 15 is 0 Å². The zero-order valence-corrected chi connectivity index (χ0v) is 10.7. The Morgan fingerprint density at radius 2 is 2.26 bits per heavy atom. The Balaban J connectivity index is 2.19. The molecular weight excluding hydrogens is 248 g/mol. The van der Waals surface area contributed by atoms with Gasteiger partial charge < -0.3 is 9.47 Å². The van der Waals surface area contributed by atoms with Crippen LogP contribution in [0.3, 0.4) is 0 Å². The van der Waals surface area contributed by atoms with E-state index < -0.39 is 5.97 Å². The lowest BCUT2D eigenvalue weighted by molar-refractivity contribution is 0.0505. The van der Waals surface area contributed by atoms with E-state index in [2.05, 4.69) is 15.5 Å². The number of rotatable bonds is 5. The first kappa shape index (κ1) is 13.0. The number of benzene rings is 1. The molecule has 0 bridgehead atoms. The summed E-state index contributed by atoms with van der Waals surface area (Å²) < 4.78 is 11.4. The number of methoxy groups -OCH3 is 1. The summed E-state index contributed by atoms with van der Waals surface area (Å²) in [5, 5.41) is 10.9. The molecule has 0 aliphatic heterocycles. The van der Waals surface area contributed by atoms with Crippen molar-refractivity contribution in [1.29, 1.82) is 0 Å². The van der Waals surface area contributed by atoms with Crippen LogP contribution < -0.4 is 4.74 Å². The Morgan fingerprint density at radius 1 is 1.42 bits per heavy atom. The van der Waals surface area contributed by atoms with Gasteiger partial charge in [-0.25, -0.2) is 9.48 Å². The Bertz CT molecular complexity index is 568. The van der Waals surface area contributed by atoms with E-state index in [1.807, 2.05) is 24.3 Å². The first-order valence-electron chi connectivity index (χ1n) is 5.80. The number of nitrogens with zero attached hydrogens (tertiary/aromatic N) is 4. The average Bonchev–Trinajstić information content (AvgIpc) is 2.87. The van der Waals surface area contributed by atoms with Gasteiger partial charge in [0.05, 0.1) is 20.3 Å². The molecule has 0 fully saturated rings. The lowest BCUT2D eigenvalue weighted by atomic mass is 10.2. The highest BCUT2D eigenvalue weighted by Gasteiger charge is 2.16. The largest absolute Gasteiger partial charge is 0.497 e. The second-order valence-corrected chi connectivity index (χ2v) is 3.73. The third-order valence-electron chi connectivity index (χ3n) is 2.46. The second-order valence-electron chi connectivity index (χ2n) is 3.73. The first-order chi connectivity index (χ1) is 9.24.